The Bertz CT molecular complexity index is 1640. The molecule has 15 nitrogen and oxygen atoms in total. The second-order valence-corrected chi connectivity index (χ2v) is 12.3. The molecular formula is C34H44N8O7. The zero-order valence-electron chi connectivity index (χ0n) is 28.0. The third kappa shape index (κ3) is 13.1. The number of hydrogen-bond acceptors (Lipinski definition) is 7. The fraction of sp³-hybridized carbons (Fsp3) is 0.382. The monoisotopic (exact) mass is 676 g/mol. The smallest absolute Gasteiger partial charge is 0.408 e. The van der Waals surface area contributed by atoms with Gasteiger partial charge in [-0.25, -0.2) is 14.9 Å². The van der Waals surface area contributed by atoms with E-state index in [9.17, 15) is 29.3 Å². The van der Waals surface area contributed by atoms with E-state index < -0.39 is 58.5 Å². The van der Waals surface area contributed by atoms with E-state index in [1.807, 2.05) is 48.5 Å². The van der Waals surface area contributed by atoms with Gasteiger partial charge in [-0.2, -0.15) is 0 Å². The Morgan fingerprint density at radius 2 is 1.41 bits per heavy atom. The number of nitro groups is 1. The number of alkyl carbamates (subject to hydrolysis) is 1. The van der Waals surface area contributed by atoms with E-state index in [2.05, 4.69) is 31.7 Å². The van der Waals surface area contributed by atoms with Gasteiger partial charge in [-0.1, -0.05) is 72.8 Å². The maximum atomic E-state index is 13.8. The number of guanidine groups is 1. The van der Waals surface area contributed by atoms with E-state index in [-0.39, 0.29) is 32.2 Å². The van der Waals surface area contributed by atoms with Crippen molar-refractivity contribution in [1.29, 1.82) is 0 Å². The molecule has 0 bridgehead atoms. The summed E-state index contributed by atoms with van der Waals surface area (Å²) < 4.78 is 5.38. The molecule has 3 aromatic rings. The molecule has 0 spiro atoms. The zero-order valence-corrected chi connectivity index (χ0v) is 28.0. The van der Waals surface area contributed by atoms with Crippen LogP contribution in [-0.2, 0) is 32.0 Å². The lowest BCUT2D eigenvalue weighted by atomic mass is 10.0. The highest BCUT2D eigenvalue weighted by molar-refractivity contribution is 5.94. The number of fused-ring (bicyclic) bond motifs is 1. The van der Waals surface area contributed by atoms with Crippen molar-refractivity contribution in [3.05, 3.63) is 94.0 Å². The molecule has 0 aliphatic carbocycles. The number of hydrazone groups is 1. The van der Waals surface area contributed by atoms with Crippen LogP contribution >= 0.6 is 0 Å². The number of nitrogens with two attached hydrogens (primary N) is 1. The summed E-state index contributed by atoms with van der Waals surface area (Å²) in [5, 5.41) is 27.9. The molecule has 49 heavy (non-hydrogen) atoms. The van der Waals surface area contributed by atoms with Gasteiger partial charge in [0.05, 0.1) is 0 Å². The molecule has 3 atom stereocenters. The van der Waals surface area contributed by atoms with Gasteiger partial charge in [-0.15, -0.1) is 0 Å². The first kappa shape index (κ1) is 37.7. The lowest BCUT2D eigenvalue weighted by Crippen LogP contribution is -2.57. The first-order valence-electron chi connectivity index (χ1n) is 15.8. The van der Waals surface area contributed by atoms with Crippen LogP contribution in [0.15, 0.2) is 77.9 Å². The molecular weight excluding hydrogens is 632 g/mol. The van der Waals surface area contributed by atoms with Gasteiger partial charge >= 0.3 is 6.09 Å². The lowest BCUT2D eigenvalue weighted by molar-refractivity contribution is -0.485. The molecule has 262 valence electrons. The zero-order chi connectivity index (χ0) is 36.0. The fourth-order valence-corrected chi connectivity index (χ4v) is 4.95. The van der Waals surface area contributed by atoms with Crippen LogP contribution in [0, 0.1) is 10.1 Å². The Morgan fingerprint density at radius 3 is 2.06 bits per heavy atom. The summed E-state index contributed by atoms with van der Waals surface area (Å²) in [6.07, 6.45) is -0.298. The summed E-state index contributed by atoms with van der Waals surface area (Å²) in [4.78, 5) is 63.9. The summed E-state index contributed by atoms with van der Waals surface area (Å²) in [5.41, 5.74) is 6.24. The summed E-state index contributed by atoms with van der Waals surface area (Å²) in [6, 6.07) is 19.2. The molecule has 4 amide bonds. The number of rotatable bonds is 15. The van der Waals surface area contributed by atoms with Crippen LogP contribution in [0.25, 0.3) is 10.8 Å². The van der Waals surface area contributed by atoms with Crippen LogP contribution < -0.4 is 32.3 Å². The minimum absolute atomic E-state index is 0.0389. The number of carbonyl (C=O) groups is 4. The average molecular weight is 677 g/mol. The summed E-state index contributed by atoms with van der Waals surface area (Å²) in [5.74, 6) is -2.17. The highest BCUT2D eigenvalue weighted by atomic mass is 16.7. The number of likely N-dealkylation sites (N-methyl/N-ethyl adjacent to an activating group) is 1. The lowest BCUT2D eigenvalue weighted by Gasteiger charge is -2.26. The average Bonchev–Trinajstić information content (AvgIpc) is 3.04. The van der Waals surface area contributed by atoms with Crippen molar-refractivity contribution in [2.45, 2.75) is 70.2 Å². The maximum absolute atomic E-state index is 13.8. The molecule has 7 N–H and O–H groups in total. The van der Waals surface area contributed by atoms with E-state index in [4.69, 9.17) is 10.5 Å². The van der Waals surface area contributed by atoms with Gasteiger partial charge in [-0.05, 0) is 55.5 Å². The molecule has 15 heteroatoms. The third-order valence-corrected chi connectivity index (χ3v) is 7.22. The summed E-state index contributed by atoms with van der Waals surface area (Å²) >= 11 is 0. The Balaban J connectivity index is 1.84. The molecule has 0 unspecified atom stereocenters. The van der Waals surface area contributed by atoms with Crippen LogP contribution in [0.2, 0.25) is 0 Å². The molecule has 0 fully saturated rings. The SMILES string of the molecule is CNC(=O)[C@H](Cc1ccc2ccccc2c1)NC(=O)[C@H](CCCNC(N)=N[N+](=O)[O-])NC(=O)[C@@H](Cc1ccccc1)NC(=O)OC(C)(C)C. The van der Waals surface area contributed by atoms with Gasteiger partial charge in [0.1, 0.15) is 28.8 Å². The van der Waals surface area contributed by atoms with Crippen LogP contribution in [-0.4, -0.2) is 72.1 Å². The van der Waals surface area contributed by atoms with Gasteiger partial charge in [0.15, 0.2) is 5.03 Å². The standard InChI is InChI=1S/C34H44N8O7/c1-34(2,3)49-33(46)40-28(20-22-11-6-5-7-12-22)31(45)38-26(15-10-18-37-32(35)41-42(47)48)30(44)39-27(29(43)36-4)21-23-16-17-24-13-8-9-14-25(24)19-23/h5-9,11-14,16-17,19,26-28H,10,15,18,20-21H2,1-4H3,(H,36,43)(H,38,45)(H,39,44)(H,40,46)(H3,35,37,41)/t26-,27-,28+/m0/s1. The van der Waals surface area contributed by atoms with Crippen molar-refractivity contribution in [3.8, 4) is 0 Å². The van der Waals surface area contributed by atoms with Crippen molar-refractivity contribution >= 4 is 40.5 Å². The summed E-state index contributed by atoms with van der Waals surface area (Å²) in [7, 11) is 1.46. The normalized spacial score (nSPS) is 13.3. The minimum Gasteiger partial charge on any atom is -0.444 e. The van der Waals surface area contributed by atoms with Crippen LogP contribution in [0.3, 0.4) is 0 Å². The second kappa shape index (κ2) is 18.0. The topological polar surface area (TPSA) is 219 Å². The van der Waals surface area contributed by atoms with E-state index in [0.717, 1.165) is 21.9 Å². The van der Waals surface area contributed by atoms with Gasteiger partial charge in [0.25, 0.3) is 5.96 Å². The largest absolute Gasteiger partial charge is 0.444 e. The van der Waals surface area contributed by atoms with Gasteiger partial charge in [0.2, 0.25) is 17.7 Å². The van der Waals surface area contributed by atoms with Crippen LogP contribution in [0.5, 0.6) is 0 Å². The van der Waals surface area contributed by atoms with Crippen LogP contribution in [0.4, 0.5) is 4.79 Å². The van der Waals surface area contributed by atoms with Gasteiger partial charge < -0.3 is 37.1 Å². The van der Waals surface area contributed by atoms with E-state index in [1.54, 1.807) is 45.0 Å². The van der Waals surface area contributed by atoms with Crippen molar-refractivity contribution in [2.24, 2.45) is 10.8 Å². The molecule has 0 aliphatic heterocycles. The molecule has 0 aliphatic rings. The molecule has 0 radical (unpaired) electrons. The Morgan fingerprint density at radius 1 is 0.816 bits per heavy atom. The van der Waals surface area contributed by atoms with E-state index >= 15 is 0 Å². The minimum atomic E-state index is -1.18. The number of nitrogens with zero attached hydrogens (tertiary/aromatic N) is 2. The van der Waals surface area contributed by atoms with Gasteiger partial charge in [-0.3, -0.25) is 14.4 Å². The first-order valence-corrected chi connectivity index (χ1v) is 15.8. The Hall–Kier alpha value is -5.73. The Labute approximate surface area is 284 Å². The van der Waals surface area contributed by atoms with Gasteiger partial charge in [0, 0.05) is 26.4 Å². The predicted octanol–water partition coefficient (Wildman–Crippen LogP) is 2.11. The maximum Gasteiger partial charge on any atom is 0.408 e. The highest BCUT2D eigenvalue weighted by Crippen LogP contribution is 2.17. The van der Waals surface area contributed by atoms with Crippen LogP contribution in [0.1, 0.15) is 44.7 Å². The molecule has 0 saturated heterocycles. The highest BCUT2D eigenvalue weighted by Gasteiger charge is 2.30. The molecule has 3 aromatic carbocycles. The number of hydrogen-bond donors (Lipinski definition) is 6. The van der Waals surface area contributed by atoms with Crippen molar-refractivity contribution in [1.82, 2.24) is 26.6 Å². The predicted molar refractivity (Wildman–Crippen MR) is 185 cm³/mol. The second-order valence-electron chi connectivity index (χ2n) is 12.3. The molecule has 3 rings (SSSR count). The number of nitrogens with one attached hydrogen (secondary N) is 5. The van der Waals surface area contributed by atoms with E-state index in [0.29, 0.717) is 0 Å². The Kier molecular flexibility index (Phi) is 13.8. The van der Waals surface area contributed by atoms with Crippen molar-refractivity contribution in [3.63, 3.8) is 0 Å². The molecule has 0 saturated carbocycles. The molecule has 0 aromatic heterocycles. The molecule has 0 heterocycles. The van der Waals surface area contributed by atoms with Crippen molar-refractivity contribution < 1.29 is 28.9 Å². The van der Waals surface area contributed by atoms with E-state index in [1.165, 1.54) is 7.05 Å². The quantitative estimate of drug-likeness (QED) is 0.0456. The third-order valence-electron chi connectivity index (χ3n) is 7.22. The number of benzene rings is 3. The fourth-order valence-electron chi connectivity index (χ4n) is 4.95. The number of ether oxygens (including phenoxy) is 1. The first-order chi connectivity index (χ1) is 23.2. The number of carbonyl (C=O) groups excluding carboxylic acids is 4. The summed E-state index contributed by atoms with van der Waals surface area (Å²) in [6.45, 7) is 5.16. The number of amides is 4. The van der Waals surface area contributed by atoms with Crippen molar-refractivity contribution in [2.75, 3.05) is 13.6 Å².